The second-order valence-electron chi connectivity index (χ2n) is 4.31. The summed E-state index contributed by atoms with van der Waals surface area (Å²) in [7, 11) is 0. The number of benzene rings is 1. The van der Waals surface area contributed by atoms with Crippen LogP contribution in [0.2, 0.25) is 0 Å². The van der Waals surface area contributed by atoms with Crippen molar-refractivity contribution in [3.8, 4) is 5.75 Å². The molecular weight excluding hydrogens is 204 g/mol. The third-order valence-corrected chi connectivity index (χ3v) is 3.26. The first-order chi connectivity index (χ1) is 7.61. The Kier molecular flexibility index (Phi) is 2.86. The van der Waals surface area contributed by atoms with Crippen LogP contribution in [0.5, 0.6) is 5.75 Å². The van der Waals surface area contributed by atoms with Crippen LogP contribution in [0, 0.1) is 13.8 Å². The largest absolute Gasteiger partial charge is 0.493 e. The number of carboxylic acids is 1. The van der Waals surface area contributed by atoms with Gasteiger partial charge in [0.05, 0.1) is 12.5 Å². The van der Waals surface area contributed by atoms with Crippen LogP contribution in [0.15, 0.2) is 12.1 Å². The minimum atomic E-state index is -0.755. The van der Waals surface area contributed by atoms with Gasteiger partial charge in [-0.3, -0.25) is 4.79 Å². The van der Waals surface area contributed by atoms with Gasteiger partial charge in [-0.25, -0.2) is 0 Å². The number of hydrogen-bond acceptors (Lipinski definition) is 2. The van der Waals surface area contributed by atoms with Crippen LogP contribution in [0.4, 0.5) is 0 Å². The van der Waals surface area contributed by atoms with Gasteiger partial charge in [-0.15, -0.1) is 0 Å². The minimum Gasteiger partial charge on any atom is -0.493 e. The molecule has 1 aromatic rings. The highest BCUT2D eigenvalue weighted by Crippen LogP contribution is 2.36. The second kappa shape index (κ2) is 4.16. The summed E-state index contributed by atoms with van der Waals surface area (Å²) >= 11 is 0. The number of hydrogen-bond donors (Lipinski definition) is 1. The van der Waals surface area contributed by atoms with Crippen molar-refractivity contribution >= 4 is 5.97 Å². The summed E-state index contributed by atoms with van der Waals surface area (Å²) < 4.78 is 5.68. The van der Waals surface area contributed by atoms with Gasteiger partial charge in [0.25, 0.3) is 0 Å². The molecule has 0 saturated carbocycles. The van der Waals surface area contributed by atoms with E-state index >= 15 is 0 Å². The molecule has 0 aromatic heterocycles. The zero-order valence-electron chi connectivity index (χ0n) is 9.62. The lowest BCUT2D eigenvalue weighted by Gasteiger charge is -2.15. The van der Waals surface area contributed by atoms with E-state index in [2.05, 4.69) is 0 Å². The smallest absolute Gasteiger partial charge is 0.311 e. The molecule has 0 bridgehead atoms. The molecule has 0 fully saturated rings. The predicted molar refractivity (Wildman–Crippen MR) is 61.0 cm³/mol. The third kappa shape index (κ3) is 1.77. The number of ether oxygens (including phenoxy) is 1. The summed E-state index contributed by atoms with van der Waals surface area (Å²) in [5.41, 5.74) is 3.03. The average molecular weight is 220 g/mol. The maximum absolute atomic E-state index is 11.2. The van der Waals surface area contributed by atoms with Crippen LogP contribution in [0.1, 0.15) is 35.4 Å². The Morgan fingerprint density at radius 2 is 2.19 bits per heavy atom. The minimum absolute atomic E-state index is 0.420. The molecule has 1 aromatic carbocycles. The topological polar surface area (TPSA) is 46.5 Å². The summed E-state index contributed by atoms with van der Waals surface area (Å²) in [4.78, 5) is 11.2. The standard InChI is InChI=1S/C13H16O3/c1-8-5-6-10-11(13(14)15)4-3-7-16-12(10)9(8)2/h5-6,11H,3-4,7H2,1-2H3,(H,14,15). The van der Waals surface area contributed by atoms with Crippen molar-refractivity contribution in [2.75, 3.05) is 6.61 Å². The SMILES string of the molecule is Cc1ccc2c(c1C)OCCCC2C(=O)O. The summed E-state index contributed by atoms with van der Waals surface area (Å²) in [6, 6.07) is 3.86. The van der Waals surface area contributed by atoms with Crippen molar-refractivity contribution in [3.63, 3.8) is 0 Å². The average Bonchev–Trinajstić information content (AvgIpc) is 2.46. The zero-order chi connectivity index (χ0) is 11.7. The maximum Gasteiger partial charge on any atom is 0.311 e. The van der Waals surface area contributed by atoms with Crippen LogP contribution in [-0.4, -0.2) is 17.7 Å². The Labute approximate surface area is 95.0 Å². The number of carboxylic acid groups (broad SMARTS) is 1. The first-order valence-corrected chi connectivity index (χ1v) is 5.57. The Bertz CT molecular complexity index is 423. The fourth-order valence-electron chi connectivity index (χ4n) is 2.15. The molecule has 1 aliphatic rings. The van der Waals surface area contributed by atoms with Crippen LogP contribution in [-0.2, 0) is 4.79 Å². The lowest BCUT2D eigenvalue weighted by Crippen LogP contribution is -2.11. The van der Waals surface area contributed by atoms with Crippen LogP contribution in [0.25, 0.3) is 0 Å². The Morgan fingerprint density at radius 1 is 1.44 bits per heavy atom. The van der Waals surface area contributed by atoms with Gasteiger partial charge in [0, 0.05) is 5.56 Å². The van der Waals surface area contributed by atoms with Crippen molar-refractivity contribution in [3.05, 3.63) is 28.8 Å². The van der Waals surface area contributed by atoms with E-state index in [4.69, 9.17) is 4.74 Å². The van der Waals surface area contributed by atoms with E-state index in [9.17, 15) is 9.90 Å². The van der Waals surface area contributed by atoms with Gasteiger partial charge in [0.2, 0.25) is 0 Å². The lowest BCUT2D eigenvalue weighted by molar-refractivity contribution is -0.138. The van der Waals surface area contributed by atoms with Crippen molar-refractivity contribution in [1.29, 1.82) is 0 Å². The van der Waals surface area contributed by atoms with Gasteiger partial charge in [-0.2, -0.15) is 0 Å². The van der Waals surface area contributed by atoms with E-state index in [0.29, 0.717) is 13.0 Å². The number of aryl methyl sites for hydroxylation is 1. The van der Waals surface area contributed by atoms with E-state index in [0.717, 1.165) is 28.9 Å². The fraction of sp³-hybridized carbons (Fsp3) is 0.462. The quantitative estimate of drug-likeness (QED) is 0.791. The van der Waals surface area contributed by atoms with Gasteiger partial charge in [0.1, 0.15) is 5.75 Å². The van der Waals surface area contributed by atoms with E-state index in [1.165, 1.54) is 0 Å². The molecule has 3 heteroatoms. The van der Waals surface area contributed by atoms with Gasteiger partial charge < -0.3 is 9.84 Å². The van der Waals surface area contributed by atoms with Crippen LogP contribution >= 0.6 is 0 Å². The fourth-order valence-corrected chi connectivity index (χ4v) is 2.15. The number of carbonyl (C=O) groups is 1. The summed E-state index contributed by atoms with van der Waals surface area (Å²) in [5, 5.41) is 9.21. The molecule has 1 N–H and O–H groups in total. The van der Waals surface area contributed by atoms with Gasteiger partial charge in [0.15, 0.2) is 0 Å². The molecule has 16 heavy (non-hydrogen) atoms. The summed E-state index contributed by atoms with van der Waals surface area (Å²) in [6.45, 7) is 4.61. The van der Waals surface area contributed by atoms with Crippen molar-refractivity contribution < 1.29 is 14.6 Å². The second-order valence-corrected chi connectivity index (χ2v) is 4.31. The normalized spacial score (nSPS) is 19.5. The molecule has 0 radical (unpaired) electrons. The first kappa shape index (κ1) is 11.0. The molecule has 3 nitrogen and oxygen atoms in total. The monoisotopic (exact) mass is 220 g/mol. The highest BCUT2D eigenvalue weighted by molar-refractivity contribution is 5.77. The molecule has 0 saturated heterocycles. The highest BCUT2D eigenvalue weighted by atomic mass is 16.5. The zero-order valence-corrected chi connectivity index (χ0v) is 9.62. The van der Waals surface area contributed by atoms with E-state index in [1.807, 2.05) is 26.0 Å². The van der Waals surface area contributed by atoms with Crippen molar-refractivity contribution in [2.24, 2.45) is 0 Å². The molecule has 0 amide bonds. The van der Waals surface area contributed by atoms with E-state index < -0.39 is 11.9 Å². The van der Waals surface area contributed by atoms with Gasteiger partial charge >= 0.3 is 5.97 Å². The maximum atomic E-state index is 11.2. The van der Waals surface area contributed by atoms with E-state index in [1.54, 1.807) is 0 Å². The van der Waals surface area contributed by atoms with Crippen molar-refractivity contribution in [2.45, 2.75) is 32.6 Å². The van der Waals surface area contributed by atoms with Crippen molar-refractivity contribution in [1.82, 2.24) is 0 Å². The molecule has 1 unspecified atom stereocenters. The Hall–Kier alpha value is -1.51. The Morgan fingerprint density at radius 3 is 2.88 bits per heavy atom. The Balaban J connectivity index is 2.54. The number of rotatable bonds is 1. The first-order valence-electron chi connectivity index (χ1n) is 5.57. The summed E-state index contributed by atoms with van der Waals surface area (Å²) in [5.74, 6) is -0.392. The van der Waals surface area contributed by atoms with Gasteiger partial charge in [-0.05, 0) is 37.8 Å². The molecule has 2 rings (SSSR count). The molecule has 0 spiro atoms. The van der Waals surface area contributed by atoms with E-state index in [-0.39, 0.29) is 0 Å². The van der Waals surface area contributed by atoms with Gasteiger partial charge in [-0.1, -0.05) is 12.1 Å². The molecular formula is C13H16O3. The van der Waals surface area contributed by atoms with Crippen LogP contribution < -0.4 is 4.74 Å². The van der Waals surface area contributed by atoms with Crippen LogP contribution in [0.3, 0.4) is 0 Å². The predicted octanol–water partition coefficient (Wildman–Crippen LogP) is 2.64. The highest BCUT2D eigenvalue weighted by Gasteiger charge is 2.26. The number of aliphatic carboxylic acids is 1. The molecule has 86 valence electrons. The number of fused-ring (bicyclic) bond motifs is 1. The molecule has 1 heterocycles. The lowest BCUT2D eigenvalue weighted by atomic mass is 9.92. The third-order valence-electron chi connectivity index (χ3n) is 3.26. The molecule has 1 aliphatic heterocycles. The molecule has 1 atom stereocenters. The molecule has 0 aliphatic carbocycles. The summed E-state index contributed by atoms with van der Waals surface area (Å²) in [6.07, 6.45) is 1.45.